The van der Waals surface area contributed by atoms with Crippen LogP contribution in [0.1, 0.15) is 54.9 Å². The summed E-state index contributed by atoms with van der Waals surface area (Å²) in [6, 6.07) is 5.42. The summed E-state index contributed by atoms with van der Waals surface area (Å²) in [7, 11) is 3.08. The van der Waals surface area contributed by atoms with E-state index in [-0.39, 0.29) is 29.6 Å². The van der Waals surface area contributed by atoms with Crippen LogP contribution in [-0.2, 0) is 21.4 Å². The van der Waals surface area contributed by atoms with Crippen molar-refractivity contribution in [3.8, 4) is 11.5 Å². The first kappa shape index (κ1) is 24.2. The van der Waals surface area contributed by atoms with Crippen molar-refractivity contribution in [2.45, 2.75) is 51.2 Å². The fourth-order valence-corrected chi connectivity index (χ4v) is 3.98. The number of hydrogen-bond acceptors (Lipinski definition) is 9. The van der Waals surface area contributed by atoms with Crippen molar-refractivity contribution in [3.63, 3.8) is 0 Å². The normalized spacial score (nSPS) is 20.1. The van der Waals surface area contributed by atoms with Crippen LogP contribution >= 0.6 is 0 Å². The predicted octanol–water partition coefficient (Wildman–Crippen LogP) is 2.12. The van der Waals surface area contributed by atoms with E-state index in [2.05, 4.69) is 10.5 Å². The van der Waals surface area contributed by atoms with Gasteiger partial charge in [0.15, 0.2) is 11.5 Å². The van der Waals surface area contributed by atoms with Crippen molar-refractivity contribution in [2.75, 3.05) is 13.7 Å². The third-order valence-corrected chi connectivity index (χ3v) is 5.54. The van der Waals surface area contributed by atoms with Crippen LogP contribution in [-0.4, -0.2) is 47.4 Å². The van der Waals surface area contributed by atoms with Gasteiger partial charge in [-0.2, -0.15) is 0 Å². The number of hydrogen-bond donors (Lipinski definition) is 1. The Bertz CT molecular complexity index is 1050. The SMILES string of the molecule is CCOc1cc([C@H]2C[C@H](OC(C)=O)CC[C@H]2NOC(=O)c2cnc(=O)n(C)c2)ccc1OC. The number of aromatic nitrogens is 2. The Morgan fingerprint density at radius 2 is 2.03 bits per heavy atom. The molecule has 0 amide bonds. The van der Waals surface area contributed by atoms with E-state index in [0.29, 0.717) is 37.4 Å². The Morgan fingerprint density at radius 3 is 2.70 bits per heavy atom. The maximum atomic E-state index is 12.5. The van der Waals surface area contributed by atoms with Gasteiger partial charge in [0.1, 0.15) is 6.10 Å². The molecule has 0 saturated heterocycles. The maximum absolute atomic E-state index is 12.5. The van der Waals surface area contributed by atoms with E-state index in [9.17, 15) is 14.4 Å². The fraction of sp³-hybridized carbons (Fsp3) is 0.478. The summed E-state index contributed by atoms with van der Waals surface area (Å²) in [5.41, 5.74) is 3.50. The fourth-order valence-electron chi connectivity index (χ4n) is 3.98. The van der Waals surface area contributed by atoms with Crippen molar-refractivity contribution >= 4 is 11.9 Å². The number of esters is 1. The van der Waals surface area contributed by atoms with E-state index in [1.54, 1.807) is 7.11 Å². The van der Waals surface area contributed by atoms with Crippen LogP contribution in [0.4, 0.5) is 0 Å². The van der Waals surface area contributed by atoms with Gasteiger partial charge in [-0.15, -0.1) is 5.48 Å². The Kier molecular flexibility index (Phi) is 8.05. The highest BCUT2D eigenvalue weighted by molar-refractivity contribution is 5.88. The first-order chi connectivity index (χ1) is 15.8. The largest absolute Gasteiger partial charge is 0.493 e. The maximum Gasteiger partial charge on any atom is 0.359 e. The number of nitrogens with one attached hydrogen (secondary N) is 1. The molecule has 1 aliphatic rings. The molecule has 10 nitrogen and oxygen atoms in total. The van der Waals surface area contributed by atoms with Crippen LogP contribution in [0, 0.1) is 0 Å². The van der Waals surface area contributed by atoms with Gasteiger partial charge in [-0.05, 0) is 43.9 Å². The summed E-state index contributed by atoms with van der Waals surface area (Å²) in [5.74, 6) is 0.122. The molecule has 3 atom stereocenters. The Hall–Kier alpha value is -3.40. The Labute approximate surface area is 191 Å². The molecule has 178 valence electrons. The first-order valence-corrected chi connectivity index (χ1v) is 10.8. The van der Waals surface area contributed by atoms with Gasteiger partial charge < -0.3 is 23.6 Å². The minimum atomic E-state index is -0.649. The second kappa shape index (κ2) is 11.0. The molecule has 1 aromatic carbocycles. The van der Waals surface area contributed by atoms with Crippen molar-refractivity contribution in [1.82, 2.24) is 15.0 Å². The number of aryl methyl sites for hydroxylation is 1. The number of methoxy groups -OCH3 is 1. The number of hydroxylamine groups is 1. The summed E-state index contributed by atoms with van der Waals surface area (Å²) >= 11 is 0. The zero-order valence-electron chi connectivity index (χ0n) is 19.2. The van der Waals surface area contributed by atoms with Crippen molar-refractivity contribution in [2.24, 2.45) is 7.05 Å². The molecular weight excluding hydrogens is 430 g/mol. The smallest absolute Gasteiger partial charge is 0.359 e. The molecule has 1 N–H and O–H groups in total. The molecule has 0 bridgehead atoms. The molecule has 1 aromatic heterocycles. The quantitative estimate of drug-likeness (QED) is 0.468. The van der Waals surface area contributed by atoms with Gasteiger partial charge in [0.2, 0.25) is 0 Å². The average Bonchev–Trinajstić information content (AvgIpc) is 2.79. The van der Waals surface area contributed by atoms with Crippen molar-refractivity contribution in [3.05, 3.63) is 52.2 Å². The third kappa shape index (κ3) is 6.10. The van der Waals surface area contributed by atoms with Crippen molar-refractivity contribution < 1.29 is 28.6 Å². The van der Waals surface area contributed by atoms with E-state index < -0.39 is 11.7 Å². The van der Waals surface area contributed by atoms with Crippen LogP contribution in [0.15, 0.2) is 35.4 Å². The number of rotatable bonds is 8. The standard InChI is InChI=1S/C23H29N3O7/c1-5-31-21-10-15(6-9-20(21)30-4)18-11-17(32-14(2)27)7-8-19(18)25-33-22(28)16-12-24-23(29)26(3)13-16/h6,9-10,12-13,17-19,25H,5,7-8,11H2,1-4H3/t17-,18-,19-/m1/s1. The van der Waals surface area contributed by atoms with Gasteiger partial charge in [0.05, 0.1) is 25.3 Å². The molecule has 1 aliphatic carbocycles. The lowest BCUT2D eigenvalue weighted by atomic mass is 9.79. The van der Waals surface area contributed by atoms with E-state index >= 15 is 0 Å². The van der Waals surface area contributed by atoms with Gasteiger partial charge in [-0.1, -0.05) is 6.07 Å². The van der Waals surface area contributed by atoms with Crippen LogP contribution < -0.4 is 20.6 Å². The lowest BCUT2D eigenvalue weighted by Crippen LogP contribution is -2.42. The minimum Gasteiger partial charge on any atom is -0.493 e. The van der Waals surface area contributed by atoms with Gasteiger partial charge in [-0.25, -0.2) is 14.6 Å². The molecule has 33 heavy (non-hydrogen) atoms. The van der Waals surface area contributed by atoms with Crippen LogP contribution in [0.3, 0.4) is 0 Å². The van der Waals surface area contributed by atoms with Gasteiger partial charge >= 0.3 is 17.6 Å². The number of benzene rings is 1. The summed E-state index contributed by atoms with van der Waals surface area (Å²) in [6.07, 6.45) is 4.09. The number of ether oxygens (including phenoxy) is 3. The molecule has 1 saturated carbocycles. The molecule has 0 unspecified atom stereocenters. The predicted molar refractivity (Wildman–Crippen MR) is 118 cm³/mol. The Balaban J connectivity index is 1.80. The topological polar surface area (TPSA) is 118 Å². The van der Waals surface area contributed by atoms with Crippen LogP contribution in [0.5, 0.6) is 11.5 Å². The van der Waals surface area contributed by atoms with Crippen LogP contribution in [0.2, 0.25) is 0 Å². The molecule has 10 heteroatoms. The second-order valence-corrected chi connectivity index (χ2v) is 7.84. The zero-order valence-corrected chi connectivity index (χ0v) is 19.2. The summed E-state index contributed by atoms with van der Waals surface area (Å²) in [6.45, 7) is 3.76. The Morgan fingerprint density at radius 1 is 1.24 bits per heavy atom. The van der Waals surface area contributed by atoms with Gasteiger partial charge in [0, 0.05) is 32.3 Å². The number of carbonyl (C=O) groups excluding carboxylic acids is 2. The van der Waals surface area contributed by atoms with E-state index in [0.717, 1.165) is 5.56 Å². The van der Waals surface area contributed by atoms with E-state index in [4.69, 9.17) is 19.0 Å². The third-order valence-electron chi connectivity index (χ3n) is 5.54. The lowest BCUT2D eigenvalue weighted by molar-refractivity contribution is -0.148. The lowest BCUT2D eigenvalue weighted by Gasteiger charge is -2.36. The summed E-state index contributed by atoms with van der Waals surface area (Å²) < 4.78 is 17.8. The minimum absolute atomic E-state index is 0.126. The highest BCUT2D eigenvalue weighted by Crippen LogP contribution is 2.38. The monoisotopic (exact) mass is 459 g/mol. The molecule has 1 heterocycles. The molecule has 0 radical (unpaired) electrons. The highest BCUT2D eigenvalue weighted by Gasteiger charge is 2.34. The van der Waals surface area contributed by atoms with E-state index in [1.807, 2.05) is 25.1 Å². The molecule has 0 spiro atoms. The van der Waals surface area contributed by atoms with Gasteiger partial charge in [0.25, 0.3) is 0 Å². The van der Waals surface area contributed by atoms with Crippen molar-refractivity contribution in [1.29, 1.82) is 0 Å². The number of nitrogens with zero attached hydrogens (tertiary/aromatic N) is 2. The zero-order chi connectivity index (χ0) is 24.0. The van der Waals surface area contributed by atoms with Gasteiger partial charge in [-0.3, -0.25) is 4.79 Å². The average molecular weight is 459 g/mol. The molecule has 3 rings (SSSR count). The summed E-state index contributed by atoms with van der Waals surface area (Å²) in [4.78, 5) is 44.4. The first-order valence-electron chi connectivity index (χ1n) is 10.8. The highest BCUT2D eigenvalue weighted by atomic mass is 16.7. The van der Waals surface area contributed by atoms with Crippen LogP contribution in [0.25, 0.3) is 0 Å². The molecule has 2 aromatic rings. The van der Waals surface area contributed by atoms with E-state index in [1.165, 1.54) is 30.9 Å². The molecular formula is C23H29N3O7. The number of carbonyl (C=O) groups is 2. The summed E-state index contributed by atoms with van der Waals surface area (Å²) in [5, 5.41) is 0. The molecule has 1 fully saturated rings. The molecule has 0 aliphatic heterocycles. The second-order valence-electron chi connectivity index (χ2n) is 7.84.